The normalized spacial score (nSPS) is 29.0. The monoisotopic (exact) mass is 233 g/mol. The smallest absolute Gasteiger partial charge is 0.0950 e. The third-order valence-corrected chi connectivity index (χ3v) is 3.74. The molecule has 2 heteroatoms. The van der Waals surface area contributed by atoms with Crippen LogP contribution in [0.3, 0.4) is 0 Å². The molecule has 3 atom stereocenters. The molecule has 1 N–H and O–H groups in total. The number of hydrogen-bond donors (Lipinski definition) is 1. The first-order valence-electron chi connectivity index (χ1n) is 6.58. The zero-order valence-corrected chi connectivity index (χ0v) is 11.1. The second-order valence-corrected chi connectivity index (χ2v) is 5.45. The molecule has 2 heterocycles. The van der Waals surface area contributed by atoms with Crippen LogP contribution >= 0.6 is 0 Å². The first kappa shape index (κ1) is 12.4. The van der Waals surface area contributed by atoms with Crippen LogP contribution in [0.15, 0.2) is 34.7 Å². The molecule has 1 aromatic heterocycles. The van der Waals surface area contributed by atoms with Crippen molar-refractivity contribution in [1.82, 2.24) is 5.32 Å². The Balaban J connectivity index is 1.99. The van der Waals surface area contributed by atoms with Crippen LogP contribution in [0.5, 0.6) is 0 Å². The number of nitrogens with one attached hydrogen (secondary N) is 1. The van der Waals surface area contributed by atoms with Crippen LogP contribution < -0.4 is 5.32 Å². The van der Waals surface area contributed by atoms with Gasteiger partial charge >= 0.3 is 0 Å². The Morgan fingerprint density at radius 3 is 2.94 bits per heavy atom. The summed E-state index contributed by atoms with van der Waals surface area (Å²) in [4.78, 5) is 0. The first-order valence-corrected chi connectivity index (χ1v) is 6.58. The summed E-state index contributed by atoms with van der Waals surface area (Å²) in [5.41, 5.74) is 2.70. The maximum absolute atomic E-state index is 5.18. The van der Waals surface area contributed by atoms with E-state index in [1.807, 2.05) is 6.26 Å². The van der Waals surface area contributed by atoms with E-state index >= 15 is 0 Å². The van der Waals surface area contributed by atoms with Gasteiger partial charge in [-0.2, -0.15) is 0 Å². The fraction of sp³-hybridized carbons (Fsp3) is 0.600. The molecule has 1 fully saturated rings. The summed E-state index contributed by atoms with van der Waals surface area (Å²) in [6.07, 6.45) is 9.62. The van der Waals surface area contributed by atoms with Gasteiger partial charge < -0.3 is 9.73 Å². The van der Waals surface area contributed by atoms with Gasteiger partial charge in [0.15, 0.2) is 0 Å². The van der Waals surface area contributed by atoms with Crippen molar-refractivity contribution < 1.29 is 4.42 Å². The van der Waals surface area contributed by atoms with Crippen molar-refractivity contribution in [2.24, 2.45) is 5.92 Å². The van der Waals surface area contributed by atoms with Crippen molar-refractivity contribution in [3.05, 3.63) is 35.8 Å². The zero-order chi connectivity index (χ0) is 12.3. The molecule has 0 amide bonds. The lowest BCUT2D eigenvalue weighted by Crippen LogP contribution is -2.41. The summed E-state index contributed by atoms with van der Waals surface area (Å²) in [5, 5.41) is 3.76. The molecule has 0 aromatic carbocycles. The largest absolute Gasteiger partial charge is 0.472 e. The highest BCUT2D eigenvalue weighted by atomic mass is 16.3. The lowest BCUT2D eigenvalue weighted by Gasteiger charge is -2.35. The molecule has 1 aliphatic rings. The quantitative estimate of drug-likeness (QED) is 0.796. The number of furan rings is 1. The molecule has 2 rings (SSSR count). The van der Waals surface area contributed by atoms with E-state index in [0.717, 1.165) is 12.3 Å². The van der Waals surface area contributed by atoms with E-state index in [9.17, 15) is 0 Å². The van der Waals surface area contributed by atoms with Gasteiger partial charge in [-0.05, 0) is 45.1 Å². The Bertz CT molecular complexity index is 362. The van der Waals surface area contributed by atoms with Crippen molar-refractivity contribution in [3.63, 3.8) is 0 Å². The summed E-state index contributed by atoms with van der Waals surface area (Å²) in [6.45, 7) is 6.68. The van der Waals surface area contributed by atoms with Crippen LogP contribution in [0, 0.1) is 5.92 Å². The fourth-order valence-corrected chi connectivity index (χ4v) is 2.54. The Hall–Kier alpha value is -1.02. The van der Waals surface area contributed by atoms with Gasteiger partial charge in [-0.15, -0.1) is 0 Å². The average molecular weight is 233 g/mol. The SMILES string of the molecule is CC(C)=CC[C@H]1N[C@@H](c2ccoc2)CC[C@H]1C. The molecular weight excluding hydrogens is 210 g/mol. The molecule has 0 aliphatic carbocycles. The molecule has 0 bridgehead atoms. The highest BCUT2D eigenvalue weighted by molar-refractivity contribution is 5.13. The highest BCUT2D eigenvalue weighted by Crippen LogP contribution is 2.30. The van der Waals surface area contributed by atoms with Gasteiger partial charge in [-0.25, -0.2) is 0 Å². The molecule has 0 unspecified atom stereocenters. The first-order chi connectivity index (χ1) is 8.16. The highest BCUT2D eigenvalue weighted by Gasteiger charge is 2.27. The van der Waals surface area contributed by atoms with E-state index in [1.54, 1.807) is 6.26 Å². The molecule has 1 aromatic rings. The Morgan fingerprint density at radius 1 is 1.47 bits per heavy atom. The molecular formula is C15H23NO. The fourth-order valence-electron chi connectivity index (χ4n) is 2.54. The molecule has 1 aliphatic heterocycles. The Kier molecular flexibility index (Phi) is 4.06. The number of piperidine rings is 1. The topological polar surface area (TPSA) is 25.2 Å². The summed E-state index contributed by atoms with van der Waals surface area (Å²) in [7, 11) is 0. The van der Waals surface area contributed by atoms with Gasteiger partial charge in [0.1, 0.15) is 0 Å². The van der Waals surface area contributed by atoms with Crippen molar-refractivity contribution >= 4 is 0 Å². The maximum atomic E-state index is 5.18. The molecule has 2 nitrogen and oxygen atoms in total. The van der Waals surface area contributed by atoms with E-state index < -0.39 is 0 Å². The minimum Gasteiger partial charge on any atom is -0.472 e. The van der Waals surface area contributed by atoms with Crippen LogP contribution in [0.25, 0.3) is 0 Å². The molecule has 0 radical (unpaired) electrons. The van der Waals surface area contributed by atoms with Crippen LogP contribution in [0.1, 0.15) is 51.6 Å². The zero-order valence-electron chi connectivity index (χ0n) is 11.1. The molecule has 0 spiro atoms. The van der Waals surface area contributed by atoms with Gasteiger partial charge in [-0.1, -0.05) is 18.6 Å². The van der Waals surface area contributed by atoms with Gasteiger partial charge in [0.05, 0.1) is 12.5 Å². The predicted octanol–water partition coefficient (Wildman–Crippen LogP) is 4.07. The number of allylic oxidation sites excluding steroid dienone is 1. The lowest BCUT2D eigenvalue weighted by molar-refractivity contribution is 0.246. The standard InChI is InChI=1S/C15H23NO/c1-11(2)4-6-14-12(3)5-7-15(16-14)13-8-9-17-10-13/h4,8-10,12,14-16H,5-7H2,1-3H3/t12-,14-,15-/m1/s1. The van der Waals surface area contributed by atoms with Gasteiger partial charge in [-0.3, -0.25) is 0 Å². The summed E-state index contributed by atoms with van der Waals surface area (Å²) in [5.74, 6) is 0.758. The molecule has 17 heavy (non-hydrogen) atoms. The van der Waals surface area contributed by atoms with Gasteiger partial charge in [0.2, 0.25) is 0 Å². The van der Waals surface area contributed by atoms with Crippen molar-refractivity contribution in [2.75, 3.05) is 0 Å². The minimum absolute atomic E-state index is 0.473. The molecule has 94 valence electrons. The second kappa shape index (κ2) is 5.54. The van der Waals surface area contributed by atoms with Crippen LogP contribution in [0.2, 0.25) is 0 Å². The van der Waals surface area contributed by atoms with E-state index in [4.69, 9.17) is 4.42 Å². The number of rotatable bonds is 3. The van der Waals surface area contributed by atoms with E-state index in [1.165, 1.54) is 24.0 Å². The van der Waals surface area contributed by atoms with Crippen LogP contribution in [-0.4, -0.2) is 6.04 Å². The van der Waals surface area contributed by atoms with E-state index in [2.05, 4.69) is 38.2 Å². The Labute approximate surface area is 104 Å². The summed E-state index contributed by atoms with van der Waals surface area (Å²) < 4.78 is 5.18. The maximum Gasteiger partial charge on any atom is 0.0950 e. The van der Waals surface area contributed by atoms with Crippen molar-refractivity contribution in [1.29, 1.82) is 0 Å². The van der Waals surface area contributed by atoms with Crippen LogP contribution in [0.4, 0.5) is 0 Å². The van der Waals surface area contributed by atoms with Crippen LogP contribution in [-0.2, 0) is 0 Å². The van der Waals surface area contributed by atoms with Gasteiger partial charge in [0.25, 0.3) is 0 Å². The van der Waals surface area contributed by atoms with Gasteiger partial charge in [0, 0.05) is 17.6 Å². The van der Waals surface area contributed by atoms with Crippen molar-refractivity contribution in [2.45, 2.75) is 52.1 Å². The van der Waals surface area contributed by atoms with E-state index in [-0.39, 0.29) is 0 Å². The third kappa shape index (κ3) is 3.22. The minimum atomic E-state index is 0.473. The average Bonchev–Trinajstić information content (AvgIpc) is 2.81. The second-order valence-electron chi connectivity index (χ2n) is 5.45. The molecule has 0 saturated carbocycles. The summed E-state index contributed by atoms with van der Waals surface area (Å²) in [6, 6.07) is 3.14. The van der Waals surface area contributed by atoms with E-state index in [0.29, 0.717) is 12.1 Å². The number of hydrogen-bond acceptors (Lipinski definition) is 2. The molecule has 1 saturated heterocycles. The lowest BCUT2D eigenvalue weighted by atomic mass is 9.85. The third-order valence-electron chi connectivity index (χ3n) is 3.74. The predicted molar refractivity (Wildman–Crippen MR) is 70.8 cm³/mol. The summed E-state index contributed by atoms with van der Waals surface area (Å²) >= 11 is 0. The Morgan fingerprint density at radius 2 is 2.29 bits per heavy atom. The van der Waals surface area contributed by atoms with Crippen molar-refractivity contribution in [3.8, 4) is 0 Å².